The summed E-state index contributed by atoms with van der Waals surface area (Å²) in [5.41, 5.74) is 0.767. The molecule has 1 amide bonds. The van der Waals surface area contributed by atoms with Crippen molar-refractivity contribution in [2.75, 3.05) is 31.5 Å². The first-order chi connectivity index (χ1) is 19.8. The molecule has 4 rings (SSSR count). The molecule has 1 aliphatic rings. The van der Waals surface area contributed by atoms with Gasteiger partial charge in [0.15, 0.2) is 0 Å². The van der Waals surface area contributed by atoms with Crippen LogP contribution in [0.4, 0.5) is 18.9 Å². The molecule has 0 saturated carbocycles. The van der Waals surface area contributed by atoms with Crippen LogP contribution in [-0.2, 0) is 34.0 Å². The number of fused-ring (bicyclic) bond motifs is 1. The zero-order chi connectivity index (χ0) is 30.7. The van der Waals surface area contributed by atoms with Gasteiger partial charge in [0, 0.05) is 36.8 Å². The van der Waals surface area contributed by atoms with E-state index >= 15 is 0 Å². The summed E-state index contributed by atoms with van der Waals surface area (Å²) in [6, 6.07) is 12.5. The lowest BCUT2D eigenvalue weighted by Crippen LogP contribution is -2.47. The van der Waals surface area contributed by atoms with E-state index < -0.39 is 33.9 Å². The maximum atomic E-state index is 13.4. The zero-order valence-electron chi connectivity index (χ0n) is 23.5. The number of thiophene rings is 1. The number of ether oxygens (including phenoxy) is 1. The number of anilines is 1. The number of nitrogens with one attached hydrogen (secondary N) is 1. The molecular weight excluding hydrogens is 591 g/mol. The molecule has 1 aromatic heterocycles. The summed E-state index contributed by atoms with van der Waals surface area (Å²) in [4.78, 5) is 17.0. The van der Waals surface area contributed by atoms with Gasteiger partial charge in [-0.3, -0.25) is 14.4 Å². The SMILES string of the molecule is C[C@@H]1CN([C@H](C)CO)C(=O)Cc2cc(NS(=O)(=O)c3cccs3)ccc2O[C@H]1CN(C)Cc1ccc(C(F)(F)F)cc1. The Morgan fingerprint density at radius 3 is 2.52 bits per heavy atom. The number of nitrogens with zero attached hydrogens (tertiary/aromatic N) is 2. The second-order valence-electron chi connectivity index (χ2n) is 10.6. The molecule has 0 aliphatic carbocycles. The van der Waals surface area contributed by atoms with E-state index in [1.165, 1.54) is 18.2 Å². The first-order valence-corrected chi connectivity index (χ1v) is 15.7. The Bertz CT molecular complexity index is 1460. The van der Waals surface area contributed by atoms with Crippen molar-refractivity contribution < 1.29 is 36.2 Å². The summed E-state index contributed by atoms with van der Waals surface area (Å²) < 4.78 is 73.7. The minimum Gasteiger partial charge on any atom is -0.488 e. The molecule has 0 radical (unpaired) electrons. The summed E-state index contributed by atoms with van der Waals surface area (Å²) in [6.45, 7) is 4.54. The average molecular weight is 626 g/mol. The molecule has 228 valence electrons. The highest BCUT2D eigenvalue weighted by Crippen LogP contribution is 2.31. The van der Waals surface area contributed by atoms with Crippen molar-refractivity contribution >= 4 is 33.0 Å². The van der Waals surface area contributed by atoms with Crippen molar-refractivity contribution in [2.24, 2.45) is 5.92 Å². The molecule has 0 unspecified atom stereocenters. The quantitative estimate of drug-likeness (QED) is 0.353. The number of likely N-dealkylation sites (N-methyl/N-ethyl adjacent to an activating group) is 1. The second-order valence-corrected chi connectivity index (χ2v) is 13.5. The highest BCUT2D eigenvalue weighted by atomic mass is 32.2. The highest BCUT2D eigenvalue weighted by molar-refractivity contribution is 7.94. The molecule has 2 N–H and O–H groups in total. The molecule has 3 aromatic rings. The molecule has 42 heavy (non-hydrogen) atoms. The maximum Gasteiger partial charge on any atom is 0.416 e. The van der Waals surface area contributed by atoms with Gasteiger partial charge in [0.05, 0.1) is 24.6 Å². The molecule has 8 nitrogen and oxygen atoms in total. The van der Waals surface area contributed by atoms with Crippen LogP contribution in [-0.4, -0.2) is 68.1 Å². The van der Waals surface area contributed by atoms with Crippen LogP contribution in [0, 0.1) is 5.92 Å². The van der Waals surface area contributed by atoms with Crippen LogP contribution < -0.4 is 9.46 Å². The highest BCUT2D eigenvalue weighted by Gasteiger charge is 2.32. The smallest absolute Gasteiger partial charge is 0.416 e. The predicted octanol–water partition coefficient (Wildman–Crippen LogP) is 4.85. The van der Waals surface area contributed by atoms with E-state index in [0.717, 1.165) is 23.5 Å². The van der Waals surface area contributed by atoms with E-state index in [4.69, 9.17) is 4.74 Å². The summed E-state index contributed by atoms with van der Waals surface area (Å²) in [7, 11) is -1.97. The number of amides is 1. The van der Waals surface area contributed by atoms with Gasteiger partial charge in [0.2, 0.25) is 5.91 Å². The molecule has 0 spiro atoms. The minimum absolute atomic E-state index is 0.0604. The number of hydrogen-bond donors (Lipinski definition) is 2. The predicted molar refractivity (Wildman–Crippen MR) is 155 cm³/mol. The Balaban J connectivity index is 1.59. The van der Waals surface area contributed by atoms with E-state index in [1.807, 2.05) is 18.9 Å². The van der Waals surface area contributed by atoms with Gasteiger partial charge in [-0.1, -0.05) is 25.1 Å². The zero-order valence-corrected chi connectivity index (χ0v) is 25.1. The molecule has 1 aliphatic heterocycles. The van der Waals surface area contributed by atoms with Gasteiger partial charge in [0.1, 0.15) is 16.1 Å². The van der Waals surface area contributed by atoms with Gasteiger partial charge < -0.3 is 14.7 Å². The van der Waals surface area contributed by atoms with Gasteiger partial charge in [0.25, 0.3) is 10.0 Å². The standard InChI is InChI=1S/C29H34F3N3O5S2/c1-19-15-35(20(2)18-36)27(37)14-22-13-24(33-42(38,39)28-5-4-12-41-28)10-11-25(22)40-26(19)17-34(3)16-21-6-8-23(9-7-21)29(30,31)32/h4-13,19-20,26,33,36H,14-18H2,1-3H3/t19-,20-,26+/m1/s1. The molecule has 2 aromatic carbocycles. The summed E-state index contributed by atoms with van der Waals surface area (Å²) in [6.07, 6.45) is -4.90. The fourth-order valence-electron chi connectivity index (χ4n) is 4.82. The maximum absolute atomic E-state index is 13.4. The Morgan fingerprint density at radius 2 is 1.90 bits per heavy atom. The van der Waals surface area contributed by atoms with Crippen molar-refractivity contribution in [3.05, 3.63) is 76.7 Å². The average Bonchev–Trinajstić information content (AvgIpc) is 3.48. The minimum atomic E-state index is -4.41. The van der Waals surface area contributed by atoms with Crippen LogP contribution >= 0.6 is 11.3 Å². The lowest BCUT2D eigenvalue weighted by molar-refractivity contribution is -0.137. The fraction of sp³-hybridized carbons (Fsp3) is 0.414. The van der Waals surface area contributed by atoms with Gasteiger partial charge in [-0.25, -0.2) is 8.42 Å². The van der Waals surface area contributed by atoms with Gasteiger partial charge >= 0.3 is 6.18 Å². The monoisotopic (exact) mass is 625 g/mol. The Morgan fingerprint density at radius 1 is 1.19 bits per heavy atom. The van der Waals surface area contributed by atoms with Crippen molar-refractivity contribution in [3.63, 3.8) is 0 Å². The lowest BCUT2D eigenvalue weighted by atomic mass is 10.0. The number of alkyl halides is 3. The first-order valence-electron chi connectivity index (χ1n) is 13.4. The van der Waals surface area contributed by atoms with Gasteiger partial charge in [-0.2, -0.15) is 13.2 Å². The number of hydrogen-bond acceptors (Lipinski definition) is 7. The molecule has 0 fully saturated rings. The second kappa shape index (κ2) is 13.0. The van der Waals surface area contributed by atoms with E-state index in [9.17, 15) is 31.5 Å². The van der Waals surface area contributed by atoms with Crippen LogP contribution in [0.3, 0.4) is 0 Å². The fourth-order valence-corrected chi connectivity index (χ4v) is 6.86. The van der Waals surface area contributed by atoms with E-state index in [0.29, 0.717) is 36.5 Å². The number of aliphatic hydroxyl groups is 1. The number of halogens is 3. The number of sulfonamides is 1. The third-order valence-electron chi connectivity index (χ3n) is 7.15. The third-order valence-corrected chi connectivity index (χ3v) is 9.93. The first kappa shape index (κ1) is 31.8. The molecule has 2 heterocycles. The number of benzene rings is 2. The van der Waals surface area contributed by atoms with E-state index in [1.54, 1.807) is 41.5 Å². The summed E-state index contributed by atoms with van der Waals surface area (Å²) in [5, 5.41) is 11.5. The van der Waals surface area contributed by atoms with Crippen molar-refractivity contribution in [1.29, 1.82) is 0 Å². The van der Waals surface area contributed by atoms with Crippen LogP contribution in [0.25, 0.3) is 0 Å². The number of carbonyl (C=O) groups is 1. The third kappa shape index (κ3) is 7.82. The van der Waals surface area contributed by atoms with Crippen molar-refractivity contribution in [2.45, 2.75) is 49.3 Å². The Labute approximate surface area is 247 Å². The van der Waals surface area contributed by atoms with Gasteiger partial charge in [-0.05, 0) is 61.3 Å². The van der Waals surface area contributed by atoms with Crippen LogP contribution in [0.1, 0.15) is 30.5 Å². The lowest BCUT2D eigenvalue weighted by Gasteiger charge is -2.34. The normalized spacial score (nSPS) is 19.0. The molecule has 3 atom stereocenters. The molecule has 0 saturated heterocycles. The molecule has 0 bridgehead atoms. The van der Waals surface area contributed by atoms with Gasteiger partial charge in [-0.15, -0.1) is 11.3 Å². The Kier molecular flexibility index (Phi) is 9.86. The van der Waals surface area contributed by atoms with Crippen molar-refractivity contribution in [3.8, 4) is 5.75 Å². The van der Waals surface area contributed by atoms with E-state index in [2.05, 4.69) is 4.72 Å². The largest absolute Gasteiger partial charge is 0.488 e. The van der Waals surface area contributed by atoms with Crippen LogP contribution in [0.15, 0.2) is 64.2 Å². The molecular formula is C29H34F3N3O5S2. The summed E-state index contributed by atoms with van der Waals surface area (Å²) in [5.74, 6) is 0.0203. The van der Waals surface area contributed by atoms with Crippen molar-refractivity contribution in [1.82, 2.24) is 9.80 Å². The molecule has 13 heteroatoms. The number of rotatable bonds is 9. The Hall–Kier alpha value is -3.13. The summed E-state index contributed by atoms with van der Waals surface area (Å²) >= 11 is 1.09. The topological polar surface area (TPSA) is 99.2 Å². The number of carbonyl (C=O) groups excluding carboxylic acids is 1. The van der Waals surface area contributed by atoms with E-state index in [-0.39, 0.29) is 34.7 Å². The van der Waals surface area contributed by atoms with Crippen LogP contribution in [0.2, 0.25) is 0 Å². The number of aliphatic hydroxyl groups excluding tert-OH is 1. The van der Waals surface area contributed by atoms with Crippen LogP contribution in [0.5, 0.6) is 5.75 Å².